The molecule has 0 heterocycles. The maximum atomic E-state index is 14.5. The highest BCUT2D eigenvalue weighted by atomic mass is 32.2. The molecule has 0 radical (unpaired) electrons. The van der Waals surface area contributed by atoms with E-state index in [1.165, 1.54) is 20.8 Å². The minimum Gasteiger partial charge on any atom is -0.487 e. The fourth-order valence-corrected chi connectivity index (χ4v) is 2.86. The summed E-state index contributed by atoms with van der Waals surface area (Å²) in [7, 11) is -3.82. The van der Waals surface area contributed by atoms with E-state index in [-0.39, 0.29) is 18.8 Å². The first-order valence-corrected chi connectivity index (χ1v) is 10.6. The van der Waals surface area contributed by atoms with Crippen molar-refractivity contribution >= 4 is 33.8 Å². The normalized spacial score (nSPS) is 12.1. The molecule has 0 bridgehead atoms. The summed E-state index contributed by atoms with van der Waals surface area (Å²) in [4.78, 5) is 24.2. The number of carbonyl (C=O) groups is 2. The summed E-state index contributed by atoms with van der Waals surface area (Å²) in [5.41, 5.74) is 3.95. The number of nitrogen functional groups attached to an aromatic ring is 1. The van der Waals surface area contributed by atoms with Gasteiger partial charge in [-0.25, -0.2) is 14.0 Å². The van der Waals surface area contributed by atoms with Crippen molar-refractivity contribution in [3.05, 3.63) is 28.8 Å². The third kappa shape index (κ3) is 7.26. The van der Waals surface area contributed by atoms with Gasteiger partial charge in [0, 0.05) is 5.56 Å². The predicted octanol–water partition coefficient (Wildman–Crippen LogP) is 1.80. The lowest BCUT2D eigenvalue weighted by Gasteiger charge is -2.16. The van der Waals surface area contributed by atoms with E-state index in [9.17, 15) is 26.8 Å². The number of ether oxygens (including phenoxy) is 3. The van der Waals surface area contributed by atoms with Crippen LogP contribution in [0.3, 0.4) is 0 Å². The van der Waals surface area contributed by atoms with Crippen LogP contribution in [-0.2, 0) is 33.4 Å². The third-order valence-corrected chi connectivity index (χ3v) is 3.99. The van der Waals surface area contributed by atoms with Gasteiger partial charge in [0.1, 0.15) is 18.3 Å². The highest BCUT2D eigenvalue weighted by Crippen LogP contribution is 2.31. The van der Waals surface area contributed by atoms with Gasteiger partial charge in [0.05, 0.1) is 25.2 Å². The largest absolute Gasteiger partial charge is 0.487 e. The monoisotopic (exact) mass is 451 g/mol. The fourth-order valence-electron chi connectivity index (χ4n) is 2.20. The Hall–Kier alpha value is -2.73. The van der Waals surface area contributed by atoms with E-state index in [4.69, 9.17) is 19.9 Å². The maximum Gasteiger partial charge on any atom is 0.345 e. The van der Waals surface area contributed by atoms with E-state index in [1.54, 1.807) is 0 Å². The second kappa shape index (κ2) is 10.9. The lowest BCUT2D eigenvalue weighted by molar-refractivity contribution is -0.146. The molecule has 0 saturated carbocycles. The standard InChI is InChI=1S/C18H23F2NO8S/c1-5-26-17(22)12(18(23)27-6-2)7-11-8-13(21)14(19)15(20)16(11)28-9-10(3)29-30(4,24)25/h7-8,10H,5-6,9,21H2,1-4H3/t10-/m1/s1. The Morgan fingerprint density at radius 3 is 2.13 bits per heavy atom. The molecule has 9 nitrogen and oxygen atoms in total. The smallest absolute Gasteiger partial charge is 0.345 e. The van der Waals surface area contributed by atoms with Gasteiger partial charge < -0.3 is 19.9 Å². The number of carbonyl (C=O) groups excluding carboxylic acids is 2. The van der Waals surface area contributed by atoms with E-state index >= 15 is 0 Å². The second-order valence-corrected chi connectivity index (χ2v) is 7.53. The molecule has 1 aromatic carbocycles. The Bertz CT molecular complexity index is 911. The number of halogens is 2. The second-order valence-electron chi connectivity index (χ2n) is 5.93. The van der Waals surface area contributed by atoms with Gasteiger partial charge in [-0.2, -0.15) is 12.8 Å². The van der Waals surface area contributed by atoms with Crippen molar-refractivity contribution in [2.75, 3.05) is 31.8 Å². The van der Waals surface area contributed by atoms with Crippen LogP contribution in [0, 0.1) is 11.6 Å². The van der Waals surface area contributed by atoms with Gasteiger partial charge >= 0.3 is 11.9 Å². The van der Waals surface area contributed by atoms with Gasteiger partial charge in [-0.1, -0.05) is 0 Å². The molecule has 0 aliphatic heterocycles. The van der Waals surface area contributed by atoms with Crippen LogP contribution < -0.4 is 10.5 Å². The molecule has 0 saturated heterocycles. The molecular formula is C18H23F2NO8S. The molecule has 0 spiro atoms. The van der Waals surface area contributed by atoms with Gasteiger partial charge in [0.25, 0.3) is 10.1 Å². The highest BCUT2D eigenvalue weighted by molar-refractivity contribution is 7.86. The van der Waals surface area contributed by atoms with Crippen molar-refractivity contribution in [2.45, 2.75) is 26.9 Å². The third-order valence-electron chi connectivity index (χ3n) is 3.31. The Morgan fingerprint density at radius 1 is 1.13 bits per heavy atom. The van der Waals surface area contributed by atoms with Crippen LogP contribution in [0.15, 0.2) is 11.6 Å². The van der Waals surface area contributed by atoms with Crippen LogP contribution in [0.4, 0.5) is 14.5 Å². The minimum atomic E-state index is -3.82. The Kier molecular flexibility index (Phi) is 9.18. The quantitative estimate of drug-likeness (QED) is 0.141. The molecule has 0 fully saturated rings. The summed E-state index contributed by atoms with van der Waals surface area (Å²) in [5, 5.41) is 0. The molecule has 2 N–H and O–H groups in total. The van der Waals surface area contributed by atoms with Crippen LogP contribution in [0.25, 0.3) is 6.08 Å². The molecule has 168 valence electrons. The summed E-state index contributed by atoms with van der Waals surface area (Å²) in [6.07, 6.45) is 0.643. The fraction of sp³-hybridized carbons (Fsp3) is 0.444. The molecule has 1 rings (SSSR count). The van der Waals surface area contributed by atoms with E-state index in [0.717, 1.165) is 18.4 Å². The Labute approximate surface area is 172 Å². The SMILES string of the molecule is CCOC(=O)C(=Cc1cc(N)c(F)c(F)c1OC[C@@H](C)OS(C)(=O)=O)C(=O)OCC. The van der Waals surface area contributed by atoms with Crippen LogP contribution in [0.2, 0.25) is 0 Å². The summed E-state index contributed by atoms with van der Waals surface area (Å²) in [6.45, 7) is 3.73. The van der Waals surface area contributed by atoms with E-state index < -0.39 is 63.4 Å². The van der Waals surface area contributed by atoms with E-state index in [1.807, 2.05) is 0 Å². The lowest BCUT2D eigenvalue weighted by Crippen LogP contribution is -2.22. The van der Waals surface area contributed by atoms with Crippen LogP contribution in [0.5, 0.6) is 5.75 Å². The molecule has 0 aromatic heterocycles. The minimum absolute atomic E-state index is 0.0564. The zero-order valence-electron chi connectivity index (χ0n) is 16.9. The van der Waals surface area contributed by atoms with Gasteiger partial charge in [-0.15, -0.1) is 0 Å². The van der Waals surface area contributed by atoms with Crippen LogP contribution in [0.1, 0.15) is 26.3 Å². The number of rotatable bonds is 10. The van der Waals surface area contributed by atoms with Crippen molar-refractivity contribution < 1.29 is 45.2 Å². The van der Waals surface area contributed by atoms with Crippen molar-refractivity contribution in [1.82, 2.24) is 0 Å². The van der Waals surface area contributed by atoms with Gasteiger partial charge in [-0.05, 0) is 32.9 Å². The Morgan fingerprint density at radius 2 is 1.67 bits per heavy atom. The highest BCUT2D eigenvalue weighted by Gasteiger charge is 2.25. The molecule has 0 amide bonds. The van der Waals surface area contributed by atoms with Crippen molar-refractivity contribution in [1.29, 1.82) is 0 Å². The number of anilines is 1. The summed E-state index contributed by atoms with van der Waals surface area (Å²) in [5.74, 6) is -5.75. The first-order valence-electron chi connectivity index (χ1n) is 8.75. The van der Waals surface area contributed by atoms with Crippen molar-refractivity contribution in [3.8, 4) is 5.75 Å². The summed E-state index contributed by atoms with van der Waals surface area (Å²) < 4.78 is 70.2. The predicted molar refractivity (Wildman–Crippen MR) is 103 cm³/mol. The number of nitrogens with two attached hydrogens (primary N) is 1. The molecule has 1 aromatic rings. The number of benzene rings is 1. The molecule has 0 aliphatic carbocycles. The molecular weight excluding hydrogens is 428 g/mol. The number of hydrogen-bond donors (Lipinski definition) is 1. The summed E-state index contributed by atoms with van der Waals surface area (Å²) >= 11 is 0. The molecule has 12 heteroatoms. The molecule has 1 atom stereocenters. The number of hydrogen-bond acceptors (Lipinski definition) is 9. The number of esters is 2. The van der Waals surface area contributed by atoms with Crippen molar-refractivity contribution in [3.63, 3.8) is 0 Å². The first-order chi connectivity index (χ1) is 13.9. The van der Waals surface area contributed by atoms with Crippen LogP contribution >= 0.6 is 0 Å². The van der Waals surface area contributed by atoms with Gasteiger partial charge in [0.15, 0.2) is 11.6 Å². The lowest BCUT2D eigenvalue weighted by atomic mass is 10.1. The van der Waals surface area contributed by atoms with Crippen molar-refractivity contribution in [2.24, 2.45) is 0 Å². The molecule has 0 aliphatic rings. The van der Waals surface area contributed by atoms with Crippen LogP contribution in [-0.4, -0.2) is 52.5 Å². The zero-order valence-corrected chi connectivity index (χ0v) is 17.7. The van der Waals surface area contributed by atoms with E-state index in [2.05, 4.69) is 4.18 Å². The zero-order chi connectivity index (χ0) is 23.1. The molecule has 0 unspecified atom stereocenters. The van der Waals surface area contributed by atoms with E-state index in [0.29, 0.717) is 0 Å². The first kappa shape index (κ1) is 25.3. The topological polar surface area (TPSA) is 131 Å². The average molecular weight is 451 g/mol. The average Bonchev–Trinajstić information content (AvgIpc) is 2.62. The molecule has 30 heavy (non-hydrogen) atoms. The van der Waals surface area contributed by atoms with Gasteiger partial charge in [-0.3, -0.25) is 4.18 Å². The summed E-state index contributed by atoms with van der Waals surface area (Å²) in [6, 6.07) is 0.939. The Balaban J connectivity index is 3.42. The maximum absolute atomic E-state index is 14.5. The van der Waals surface area contributed by atoms with Gasteiger partial charge in [0.2, 0.25) is 5.82 Å².